The molecule has 0 amide bonds. The quantitative estimate of drug-likeness (QED) is 0.855. The van der Waals surface area contributed by atoms with Crippen LogP contribution in [0.5, 0.6) is 0 Å². The molecule has 1 saturated heterocycles. The average Bonchev–Trinajstić information content (AvgIpc) is 2.46. The molecule has 0 spiro atoms. The summed E-state index contributed by atoms with van der Waals surface area (Å²) in [6, 6.07) is 9.96. The number of likely N-dealkylation sites (N-methyl/N-ethyl adjacent to an activating group) is 1. The number of nitrogens with zero attached hydrogens (tertiary/aromatic N) is 2. The molecule has 0 aromatic heterocycles. The van der Waals surface area contributed by atoms with Crippen LogP contribution in [-0.4, -0.2) is 54.3 Å². The number of piperazine rings is 1. The minimum Gasteiger partial charge on any atom is -0.387 e. The summed E-state index contributed by atoms with van der Waals surface area (Å²) in [4.78, 5) is 2.33. The first-order valence-electron chi connectivity index (χ1n) is 7.50. The highest BCUT2D eigenvalue weighted by Gasteiger charge is 2.26. The van der Waals surface area contributed by atoms with E-state index in [1.807, 2.05) is 30.3 Å². The van der Waals surface area contributed by atoms with Crippen molar-refractivity contribution in [3.8, 4) is 0 Å². The van der Waals surface area contributed by atoms with E-state index in [0.29, 0.717) is 5.92 Å². The van der Waals surface area contributed by atoms with E-state index in [9.17, 15) is 5.11 Å². The second kappa shape index (κ2) is 7.18. The van der Waals surface area contributed by atoms with Crippen molar-refractivity contribution in [1.29, 1.82) is 0 Å². The van der Waals surface area contributed by atoms with Crippen LogP contribution >= 0.6 is 0 Å². The number of benzene rings is 1. The van der Waals surface area contributed by atoms with Crippen molar-refractivity contribution in [2.45, 2.75) is 26.0 Å². The standard InChI is InChI=1S/C16H27N3O/c1-13(2)15(16(20)14-7-5-4-6-8-14)17-19-11-9-18(3)10-12-19/h4-8,13,15-17,20H,9-12H2,1-3H3. The van der Waals surface area contributed by atoms with E-state index < -0.39 is 6.10 Å². The fourth-order valence-electron chi connectivity index (χ4n) is 2.59. The van der Waals surface area contributed by atoms with Crippen LogP contribution in [0, 0.1) is 5.92 Å². The van der Waals surface area contributed by atoms with Gasteiger partial charge in [-0.05, 0) is 18.5 Å². The van der Waals surface area contributed by atoms with Crippen LogP contribution in [0.15, 0.2) is 30.3 Å². The highest BCUT2D eigenvalue weighted by Crippen LogP contribution is 2.22. The lowest BCUT2D eigenvalue weighted by molar-refractivity contribution is 0.0215. The van der Waals surface area contributed by atoms with Crippen molar-refractivity contribution in [3.05, 3.63) is 35.9 Å². The van der Waals surface area contributed by atoms with Crippen molar-refractivity contribution in [1.82, 2.24) is 15.3 Å². The van der Waals surface area contributed by atoms with Gasteiger partial charge in [0.15, 0.2) is 0 Å². The van der Waals surface area contributed by atoms with Crippen molar-refractivity contribution in [3.63, 3.8) is 0 Å². The number of nitrogens with one attached hydrogen (secondary N) is 1. The van der Waals surface area contributed by atoms with Crippen LogP contribution in [0.3, 0.4) is 0 Å². The van der Waals surface area contributed by atoms with E-state index in [4.69, 9.17) is 0 Å². The molecular weight excluding hydrogens is 250 g/mol. The van der Waals surface area contributed by atoms with Gasteiger partial charge < -0.3 is 10.0 Å². The molecule has 0 aliphatic carbocycles. The van der Waals surface area contributed by atoms with Crippen LogP contribution in [0.25, 0.3) is 0 Å². The fourth-order valence-corrected chi connectivity index (χ4v) is 2.59. The molecule has 2 atom stereocenters. The van der Waals surface area contributed by atoms with Crippen LogP contribution < -0.4 is 5.43 Å². The maximum absolute atomic E-state index is 10.6. The third-order valence-corrected chi connectivity index (χ3v) is 4.03. The lowest BCUT2D eigenvalue weighted by Crippen LogP contribution is -2.56. The largest absolute Gasteiger partial charge is 0.387 e. The number of hydrogen-bond acceptors (Lipinski definition) is 4. The van der Waals surface area contributed by atoms with E-state index in [0.717, 1.165) is 31.7 Å². The molecule has 1 heterocycles. The molecule has 1 aromatic rings. The molecule has 2 unspecified atom stereocenters. The SMILES string of the molecule is CC(C)C(NN1CCN(C)CC1)C(O)c1ccccc1. The highest BCUT2D eigenvalue weighted by atomic mass is 16.3. The van der Waals surface area contributed by atoms with Gasteiger partial charge in [-0.2, -0.15) is 0 Å². The Bertz CT molecular complexity index is 388. The smallest absolute Gasteiger partial charge is 0.0959 e. The van der Waals surface area contributed by atoms with E-state index in [1.54, 1.807) is 0 Å². The van der Waals surface area contributed by atoms with Crippen LogP contribution in [0.4, 0.5) is 0 Å². The molecule has 1 aromatic carbocycles. The summed E-state index contributed by atoms with van der Waals surface area (Å²) < 4.78 is 0. The zero-order chi connectivity index (χ0) is 14.5. The topological polar surface area (TPSA) is 38.7 Å². The molecule has 0 saturated carbocycles. The zero-order valence-corrected chi connectivity index (χ0v) is 12.8. The molecule has 112 valence electrons. The van der Waals surface area contributed by atoms with Gasteiger partial charge in [0.05, 0.1) is 12.1 Å². The van der Waals surface area contributed by atoms with E-state index in [2.05, 4.69) is 36.2 Å². The van der Waals surface area contributed by atoms with Gasteiger partial charge in [-0.25, -0.2) is 10.4 Å². The van der Waals surface area contributed by atoms with Crippen LogP contribution in [0.1, 0.15) is 25.5 Å². The van der Waals surface area contributed by atoms with Gasteiger partial charge in [0.2, 0.25) is 0 Å². The van der Waals surface area contributed by atoms with Crippen molar-refractivity contribution >= 4 is 0 Å². The number of aliphatic hydroxyl groups excluding tert-OH is 1. The average molecular weight is 277 g/mol. The fraction of sp³-hybridized carbons (Fsp3) is 0.625. The second-order valence-electron chi connectivity index (χ2n) is 6.04. The van der Waals surface area contributed by atoms with Gasteiger partial charge in [-0.15, -0.1) is 0 Å². The van der Waals surface area contributed by atoms with Gasteiger partial charge in [0.25, 0.3) is 0 Å². The normalized spacial score (nSPS) is 21.1. The molecule has 1 aliphatic heterocycles. The number of rotatable bonds is 5. The Morgan fingerprint density at radius 2 is 1.65 bits per heavy atom. The third-order valence-electron chi connectivity index (χ3n) is 4.03. The first-order valence-corrected chi connectivity index (χ1v) is 7.50. The predicted molar refractivity (Wildman–Crippen MR) is 82.2 cm³/mol. The van der Waals surface area contributed by atoms with Crippen molar-refractivity contribution < 1.29 is 5.11 Å². The maximum Gasteiger partial charge on any atom is 0.0959 e. The van der Waals surface area contributed by atoms with Gasteiger partial charge in [-0.3, -0.25) is 0 Å². The summed E-state index contributed by atoms with van der Waals surface area (Å²) in [5, 5.41) is 12.9. The summed E-state index contributed by atoms with van der Waals surface area (Å²) >= 11 is 0. The van der Waals surface area contributed by atoms with Gasteiger partial charge in [0, 0.05) is 26.2 Å². The van der Waals surface area contributed by atoms with E-state index in [-0.39, 0.29) is 6.04 Å². The first-order chi connectivity index (χ1) is 9.58. The van der Waals surface area contributed by atoms with E-state index in [1.165, 1.54) is 0 Å². The van der Waals surface area contributed by atoms with Crippen molar-refractivity contribution in [2.24, 2.45) is 5.92 Å². The molecule has 2 N–H and O–H groups in total. The number of aliphatic hydroxyl groups is 1. The third kappa shape index (κ3) is 4.03. The molecule has 20 heavy (non-hydrogen) atoms. The molecule has 2 rings (SSSR count). The summed E-state index contributed by atoms with van der Waals surface area (Å²) in [5.41, 5.74) is 4.51. The second-order valence-corrected chi connectivity index (χ2v) is 6.04. The summed E-state index contributed by atoms with van der Waals surface area (Å²) in [7, 11) is 2.15. The molecule has 1 aliphatic rings. The minimum atomic E-state index is -0.476. The molecular formula is C16H27N3O. The Hall–Kier alpha value is -0.940. The molecule has 1 fully saturated rings. The Morgan fingerprint density at radius 1 is 1.05 bits per heavy atom. The Morgan fingerprint density at radius 3 is 2.20 bits per heavy atom. The monoisotopic (exact) mass is 277 g/mol. The summed E-state index contributed by atoms with van der Waals surface area (Å²) in [5.74, 6) is 0.366. The molecule has 4 heteroatoms. The molecule has 0 bridgehead atoms. The van der Waals surface area contributed by atoms with Gasteiger partial charge >= 0.3 is 0 Å². The molecule has 4 nitrogen and oxygen atoms in total. The Balaban J connectivity index is 2.00. The van der Waals surface area contributed by atoms with Crippen LogP contribution in [-0.2, 0) is 0 Å². The van der Waals surface area contributed by atoms with Crippen molar-refractivity contribution in [2.75, 3.05) is 33.2 Å². The van der Waals surface area contributed by atoms with Gasteiger partial charge in [0.1, 0.15) is 0 Å². The lowest BCUT2D eigenvalue weighted by Gasteiger charge is -2.38. The minimum absolute atomic E-state index is 0.0424. The van der Waals surface area contributed by atoms with Gasteiger partial charge in [-0.1, -0.05) is 44.2 Å². The summed E-state index contributed by atoms with van der Waals surface area (Å²) in [6.07, 6.45) is -0.476. The Kier molecular flexibility index (Phi) is 5.54. The zero-order valence-electron chi connectivity index (χ0n) is 12.8. The predicted octanol–water partition coefficient (Wildman–Crippen LogP) is 1.50. The maximum atomic E-state index is 10.6. The van der Waals surface area contributed by atoms with Crippen LogP contribution in [0.2, 0.25) is 0 Å². The lowest BCUT2D eigenvalue weighted by atomic mass is 9.94. The number of hydrazine groups is 1. The van der Waals surface area contributed by atoms with E-state index >= 15 is 0 Å². The highest BCUT2D eigenvalue weighted by molar-refractivity contribution is 5.19. The summed E-state index contributed by atoms with van der Waals surface area (Å²) in [6.45, 7) is 8.45. The molecule has 0 radical (unpaired) electrons. The Labute approximate surface area is 122 Å². The first kappa shape index (κ1) is 15.4. The number of hydrogen-bond donors (Lipinski definition) is 2.